The molecule has 2 aromatic carbocycles. The molecule has 2 rings (SSSR count). The van der Waals surface area contributed by atoms with Gasteiger partial charge in [-0.3, -0.25) is 9.59 Å². The van der Waals surface area contributed by atoms with E-state index in [4.69, 9.17) is 0 Å². The van der Waals surface area contributed by atoms with Crippen molar-refractivity contribution in [1.29, 1.82) is 0 Å². The van der Waals surface area contributed by atoms with E-state index in [9.17, 15) is 9.59 Å². The fourth-order valence-electron chi connectivity index (χ4n) is 3.19. The van der Waals surface area contributed by atoms with Crippen LogP contribution in [0.15, 0.2) is 42.5 Å². The number of aryl methyl sites for hydroxylation is 3. The van der Waals surface area contributed by atoms with Crippen LogP contribution in [-0.4, -0.2) is 18.4 Å². The van der Waals surface area contributed by atoms with Gasteiger partial charge < -0.3 is 10.2 Å². The molecule has 4 heteroatoms. The summed E-state index contributed by atoms with van der Waals surface area (Å²) >= 11 is 0. The molecule has 0 fully saturated rings. The quantitative estimate of drug-likeness (QED) is 0.804. The second kappa shape index (κ2) is 9.18. The number of nitrogens with one attached hydrogen (secondary N) is 1. The summed E-state index contributed by atoms with van der Waals surface area (Å²) in [6.07, 6.45) is 2.46. The Morgan fingerprint density at radius 1 is 0.846 bits per heavy atom. The third-order valence-electron chi connectivity index (χ3n) is 4.59. The number of para-hydroxylation sites is 2. The molecule has 0 aliphatic carbocycles. The normalized spacial score (nSPS) is 10.5. The van der Waals surface area contributed by atoms with Crippen molar-refractivity contribution in [2.24, 2.45) is 0 Å². The lowest BCUT2D eigenvalue weighted by Crippen LogP contribution is -2.38. The Kier molecular flexibility index (Phi) is 6.96. The third-order valence-corrected chi connectivity index (χ3v) is 4.59. The van der Waals surface area contributed by atoms with E-state index < -0.39 is 0 Å². The van der Waals surface area contributed by atoms with Gasteiger partial charge >= 0.3 is 0 Å². The van der Waals surface area contributed by atoms with Crippen LogP contribution in [0.4, 0.5) is 11.4 Å². The van der Waals surface area contributed by atoms with Crippen molar-refractivity contribution in [3.8, 4) is 0 Å². The Labute approximate surface area is 156 Å². The van der Waals surface area contributed by atoms with Crippen LogP contribution in [-0.2, 0) is 28.9 Å². The monoisotopic (exact) mass is 352 g/mol. The predicted octanol–water partition coefficient (Wildman–Crippen LogP) is 4.37. The van der Waals surface area contributed by atoms with Gasteiger partial charge in [-0.25, -0.2) is 0 Å². The van der Waals surface area contributed by atoms with Crippen LogP contribution >= 0.6 is 0 Å². The standard InChI is InChI=1S/C22H28N2O2/c1-5-17-11-8-9-14-20(17)23-21(26)15-24(16(4)25)22-18(6-2)12-10-13-19(22)7-3/h8-14H,5-7,15H2,1-4H3,(H,23,26). The number of hydrogen-bond acceptors (Lipinski definition) is 2. The summed E-state index contributed by atoms with van der Waals surface area (Å²) in [6.45, 7) is 7.71. The number of benzene rings is 2. The van der Waals surface area contributed by atoms with E-state index in [1.165, 1.54) is 6.92 Å². The van der Waals surface area contributed by atoms with E-state index in [-0.39, 0.29) is 18.4 Å². The number of carbonyl (C=O) groups excluding carboxylic acids is 2. The SMILES string of the molecule is CCc1ccccc1NC(=O)CN(C(C)=O)c1c(CC)cccc1CC. The van der Waals surface area contributed by atoms with Gasteiger partial charge in [-0.05, 0) is 42.0 Å². The zero-order valence-electron chi connectivity index (χ0n) is 16.1. The van der Waals surface area contributed by atoms with Crippen molar-refractivity contribution in [2.75, 3.05) is 16.8 Å². The van der Waals surface area contributed by atoms with Crippen LogP contribution < -0.4 is 10.2 Å². The highest BCUT2D eigenvalue weighted by Gasteiger charge is 2.21. The summed E-state index contributed by atoms with van der Waals surface area (Å²) in [7, 11) is 0. The van der Waals surface area contributed by atoms with E-state index in [0.29, 0.717) is 0 Å². The first-order valence-electron chi connectivity index (χ1n) is 9.28. The van der Waals surface area contributed by atoms with Crippen molar-refractivity contribution in [1.82, 2.24) is 0 Å². The summed E-state index contributed by atoms with van der Waals surface area (Å²) in [6, 6.07) is 13.8. The van der Waals surface area contributed by atoms with Gasteiger partial charge in [0.05, 0.1) is 5.69 Å². The van der Waals surface area contributed by atoms with Crippen LogP contribution in [0.25, 0.3) is 0 Å². The number of carbonyl (C=O) groups is 2. The molecular formula is C22H28N2O2. The Hall–Kier alpha value is -2.62. The van der Waals surface area contributed by atoms with Crippen molar-refractivity contribution >= 4 is 23.2 Å². The summed E-state index contributed by atoms with van der Waals surface area (Å²) in [4.78, 5) is 26.6. The van der Waals surface area contributed by atoms with E-state index in [0.717, 1.165) is 47.3 Å². The minimum absolute atomic E-state index is 0.0113. The van der Waals surface area contributed by atoms with Crippen molar-refractivity contribution in [3.05, 3.63) is 59.2 Å². The molecule has 2 aromatic rings. The van der Waals surface area contributed by atoms with Crippen molar-refractivity contribution in [3.63, 3.8) is 0 Å². The average molecular weight is 352 g/mol. The summed E-state index contributed by atoms with van der Waals surface area (Å²) in [5.74, 6) is -0.311. The topological polar surface area (TPSA) is 49.4 Å². The lowest BCUT2D eigenvalue weighted by Gasteiger charge is -2.26. The minimum atomic E-state index is -0.186. The van der Waals surface area contributed by atoms with Gasteiger partial charge in [-0.2, -0.15) is 0 Å². The Bertz CT molecular complexity index is 761. The zero-order valence-corrected chi connectivity index (χ0v) is 16.1. The van der Waals surface area contributed by atoms with Crippen LogP contribution in [0.1, 0.15) is 44.4 Å². The van der Waals surface area contributed by atoms with Gasteiger partial charge in [0.1, 0.15) is 6.54 Å². The van der Waals surface area contributed by atoms with Crippen LogP contribution in [0.2, 0.25) is 0 Å². The molecule has 138 valence electrons. The lowest BCUT2D eigenvalue weighted by atomic mass is 10.0. The smallest absolute Gasteiger partial charge is 0.244 e. The molecule has 26 heavy (non-hydrogen) atoms. The zero-order chi connectivity index (χ0) is 19.1. The second-order valence-electron chi connectivity index (χ2n) is 6.30. The highest BCUT2D eigenvalue weighted by molar-refractivity contribution is 6.03. The number of amides is 2. The molecule has 0 saturated heterocycles. The van der Waals surface area contributed by atoms with Gasteiger partial charge in [-0.15, -0.1) is 0 Å². The van der Waals surface area contributed by atoms with E-state index in [2.05, 4.69) is 26.1 Å². The lowest BCUT2D eigenvalue weighted by molar-refractivity contribution is -0.120. The first-order chi connectivity index (χ1) is 12.5. The average Bonchev–Trinajstić information content (AvgIpc) is 2.65. The molecule has 4 nitrogen and oxygen atoms in total. The summed E-state index contributed by atoms with van der Waals surface area (Å²) in [5.41, 5.74) is 4.94. The van der Waals surface area contributed by atoms with E-state index in [1.54, 1.807) is 4.90 Å². The Balaban J connectivity index is 2.29. The van der Waals surface area contributed by atoms with Crippen LogP contribution in [0, 0.1) is 0 Å². The molecule has 0 aliphatic heterocycles. The molecule has 0 atom stereocenters. The van der Waals surface area contributed by atoms with Crippen LogP contribution in [0.3, 0.4) is 0 Å². The number of rotatable bonds is 7. The van der Waals surface area contributed by atoms with Crippen molar-refractivity contribution < 1.29 is 9.59 Å². The second-order valence-corrected chi connectivity index (χ2v) is 6.30. The molecule has 0 saturated carbocycles. The summed E-state index contributed by atoms with van der Waals surface area (Å²) in [5, 5.41) is 2.96. The maximum atomic E-state index is 12.7. The fraction of sp³-hybridized carbons (Fsp3) is 0.364. The molecule has 2 amide bonds. The molecule has 0 aromatic heterocycles. The van der Waals surface area contributed by atoms with Crippen LogP contribution in [0.5, 0.6) is 0 Å². The number of hydrogen-bond donors (Lipinski definition) is 1. The fourth-order valence-corrected chi connectivity index (χ4v) is 3.19. The highest BCUT2D eigenvalue weighted by Crippen LogP contribution is 2.27. The maximum absolute atomic E-state index is 12.7. The van der Waals surface area contributed by atoms with Gasteiger partial charge in [0.15, 0.2) is 0 Å². The number of anilines is 2. The molecule has 0 heterocycles. The predicted molar refractivity (Wildman–Crippen MR) is 108 cm³/mol. The molecule has 0 bridgehead atoms. The Morgan fingerprint density at radius 2 is 1.38 bits per heavy atom. The van der Waals surface area contributed by atoms with E-state index >= 15 is 0 Å². The van der Waals surface area contributed by atoms with Gasteiger partial charge in [0.2, 0.25) is 11.8 Å². The molecule has 1 N–H and O–H groups in total. The van der Waals surface area contributed by atoms with Crippen molar-refractivity contribution in [2.45, 2.75) is 47.0 Å². The van der Waals surface area contributed by atoms with E-state index in [1.807, 2.05) is 42.5 Å². The van der Waals surface area contributed by atoms with Gasteiger partial charge in [0, 0.05) is 12.6 Å². The van der Waals surface area contributed by atoms with Gasteiger partial charge in [-0.1, -0.05) is 57.2 Å². The third kappa shape index (κ3) is 4.51. The Morgan fingerprint density at radius 3 is 1.92 bits per heavy atom. The molecule has 0 radical (unpaired) electrons. The first-order valence-corrected chi connectivity index (χ1v) is 9.28. The molecular weight excluding hydrogens is 324 g/mol. The summed E-state index contributed by atoms with van der Waals surface area (Å²) < 4.78 is 0. The minimum Gasteiger partial charge on any atom is -0.324 e. The first kappa shape index (κ1) is 19.7. The maximum Gasteiger partial charge on any atom is 0.244 e. The van der Waals surface area contributed by atoms with Gasteiger partial charge in [0.25, 0.3) is 0 Å². The molecule has 0 aliphatic rings. The molecule has 0 spiro atoms. The highest BCUT2D eigenvalue weighted by atomic mass is 16.2. The molecule has 0 unspecified atom stereocenters. The number of nitrogens with zero attached hydrogens (tertiary/aromatic N) is 1. The largest absolute Gasteiger partial charge is 0.324 e.